The van der Waals surface area contributed by atoms with Gasteiger partial charge in [-0.05, 0) is 138 Å². The quantitative estimate of drug-likeness (QED) is 0.158. The van der Waals surface area contributed by atoms with Gasteiger partial charge in [0.2, 0.25) is 0 Å². The molecule has 10 aromatic rings. The van der Waals surface area contributed by atoms with Crippen molar-refractivity contribution < 1.29 is 17.9 Å². The van der Waals surface area contributed by atoms with Gasteiger partial charge >= 0.3 is 6.36 Å². The predicted octanol–water partition coefficient (Wildman–Crippen LogP) is 16.4. The number of alkyl halides is 3. The Hall–Kier alpha value is -8.41. The second-order valence-corrected chi connectivity index (χ2v) is 17.8. The first-order valence-electron chi connectivity index (χ1n) is 22.9. The molecule has 0 saturated carbocycles. The smallest absolute Gasteiger partial charge is 0.406 e. The lowest BCUT2D eigenvalue weighted by Gasteiger charge is -2.35. The topological polar surface area (TPSA) is 12.5 Å². The molecule has 0 saturated heterocycles. The average molecular weight is 884 g/mol. The van der Waals surface area contributed by atoms with Crippen molar-refractivity contribution >= 4 is 17.1 Å². The molecule has 68 heavy (non-hydrogen) atoms. The molecular formula is C63H40F3NO. The molecule has 10 aromatic carbocycles. The first-order valence-corrected chi connectivity index (χ1v) is 22.9. The Kier molecular flexibility index (Phi) is 8.84. The van der Waals surface area contributed by atoms with Crippen molar-refractivity contribution in [1.29, 1.82) is 0 Å². The van der Waals surface area contributed by atoms with Crippen molar-refractivity contribution in [2.45, 2.75) is 17.2 Å². The van der Waals surface area contributed by atoms with E-state index in [0.29, 0.717) is 0 Å². The number of hydrogen-bond acceptors (Lipinski definition) is 2. The van der Waals surface area contributed by atoms with Gasteiger partial charge in [-0.15, -0.1) is 13.2 Å². The van der Waals surface area contributed by atoms with Gasteiger partial charge in [0.25, 0.3) is 0 Å². The van der Waals surface area contributed by atoms with Crippen LogP contribution in [0.15, 0.2) is 243 Å². The minimum atomic E-state index is -4.76. The Bertz CT molecular complexity index is 3370. The zero-order valence-electron chi connectivity index (χ0n) is 36.6. The van der Waals surface area contributed by atoms with Crippen LogP contribution in [0.3, 0.4) is 0 Å². The molecule has 3 aliphatic carbocycles. The fraction of sp³-hybridized carbons (Fsp3) is 0.0476. The summed E-state index contributed by atoms with van der Waals surface area (Å²) in [6.45, 7) is 0. The Morgan fingerprint density at radius 2 is 0.647 bits per heavy atom. The summed E-state index contributed by atoms with van der Waals surface area (Å²) < 4.78 is 43.3. The summed E-state index contributed by atoms with van der Waals surface area (Å²) in [6, 6.07) is 85.3. The Morgan fingerprint density at radius 3 is 1.07 bits per heavy atom. The summed E-state index contributed by atoms with van der Waals surface area (Å²) in [5.41, 5.74) is 20.6. The molecule has 5 heteroatoms. The Labute approximate surface area is 392 Å². The van der Waals surface area contributed by atoms with E-state index in [1.165, 1.54) is 90.0 Å². The molecule has 0 fully saturated rings. The largest absolute Gasteiger partial charge is 0.573 e. The standard InChI is InChI=1S/C63H40F3NO/c64-63(65,66)68-48-35-29-42(30-36-48)41-27-31-45(32-28-41)67(46-33-37-53-51-21-7-11-23-55(51)61(59(53)39-46,43-15-3-1-4-16-43)44-17-5-2-6-18-44)47-34-38-54-52-22-10-14-26-58(52)62(60(54)40-47)56-24-12-8-19-49(56)50-20-9-13-25-57(50)62/h1-40H. The first-order chi connectivity index (χ1) is 33.3. The molecule has 1 spiro atoms. The zero-order chi connectivity index (χ0) is 45.6. The fourth-order valence-electron chi connectivity index (χ4n) is 11.9. The van der Waals surface area contributed by atoms with E-state index in [1.54, 1.807) is 12.1 Å². The average Bonchev–Trinajstić information content (AvgIpc) is 3.97. The van der Waals surface area contributed by atoms with E-state index in [2.05, 4.69) is 216 Å². The van der Waals surface area contributed by atoms with Crippen molar-refractivity contribution in [3.8, 4) is 50.3 Å². The van der Waals surface area contributed by atoms with Gasteiger partial charge in [-0.2, -0.15) is 0 Å². The highest BCUT2D eigenvalue weighted by Gasteiger charge is 2.52. The lowest BCUT2D eigenvalue weighted by atomic mass is 9.67. The number of hydrogen-bond donors (Lipinski definition) is 0. The maximum absolute atomic E-state index is 13.1. The molecule has 3 aliphatic rings. The third kappa shape index (κ3) is 5.78. The maximum Gasteiger partial charge on any atom is 0.573 e. The van der Waals surface area contributed by atoms with E-state index >= 15 is 0 Å². The molecule has 0 bridgehead atoms. The number of fused-ring (bicyclic) bond motifs is 13. The molecule has 0 N–H and O–H groups in total. The van der Waals surface area contributed by atoms with E-state index in [0.717, 1.165) is 28.2 Å². The van der Waals surface area contributed by atoms with E-state index in [-0.39, 0.29) is 5.75 Å². The molecule has 0 atom stereocenters. The van der Waals surface area contributed by atoms with Crippen molar-refractivity contribution in [3.05, 3.63) is 287 Å². The summed E-state index contributed by atoms with van der Waals surface area (Å²) in [5.74, 6) is -0.256. The van der Waals surface area contributed by atoms with Crippen LogP contribution in [-0.2, 0) is 10.8 Å². The second-order valence-electron chi connectivity index (χ2n) is 17.8. The molecule has 324 valence electrons. The lowest BCUT2D eigenvalue weighted by Crippen LogP contribution is -2.28. The van der Waals surface area contributed by atoms with Crippen molar-refractivity contribution in [1.82, 2.24) is 0 Å². The van der Waals surface area contributed by atoms with Crippen LogP contribution in [0.1, 0.15) is 44.5 Å². The maximum atomic E-state index is 13.1. The van der Waals surface area contributed by atoms with Crippen molar-refractivity contribution in [2.24, 2.45) is 0 Å². The molecule has 0 heterocycles. The normalized spacial score (nSPS) is 14.0. The van der Waals surface area contributed by atoms with E-state index < -0.39 is 17.2 Å². The van der Waals surface area contributed by atoms with Crippen LogP contribution in [0.4, 0.5) is 30.2 Å². The molecule has 0 radical (unpaired) electrons. The summed E-state index contributed by atoms with van der Waals surface area (Å²) in [5, 5.41) is 0. The van der Waals surface area contributed by atoms with Gasteiger partial charge in [-0.3, -0.25) is 0 Å². The predicted molar refractivity (Wildman–Crippen MR) is 267 cm³/mol. The number of anilines is 3. The van der Waals surface area contributed by atoms with E-state index in [1.807, 2.05) is 12.1 Å². The van der Waals surface area contributed by atoms with Crippen LogP contribution >= 0.6 is 0 Å². The third-order valence-electron chi connectivity index (χ3n) is 14.5. The molecule has 0 aliphatic heterocycles. The Morgan fingerprint density at radius 1 is 0.309 bits per heavy atom. The molecule has 13 rings (SSSR count). The SMILES string of the molecule is FC(F)(F)Oc1ccc(-c2ccc(N(c3ccc4c(c3)C(c3ccccc3)(c3ccccc3)c3ccccc3-4)c3ccc4c(c3)C3(c5ccccc5-c5ccccc53)c3ccccc3-4)cc2)cc1. The minimum absolute atomic E-state index is 0.256. The molecule has 0 amide bonds. The van der Waals surface area contributed by atoms with Crippen LogP contribution in [0.25, 0.3) is 44.5 Å². The molecule has 2 nitrogen and oxygen atoms in total. The Balaban J connectivity index is 1.04. The minimum Gasteiger partial charge on any atom is -0.406 e. The van der Waals surface area contributed by atoms with E-state index in [9.17, 15) is 13.2 Å². The van der Waals surface area contributed by atoms with Gasteiger partial charge in [0, 0.05) is 17.1 Å². The monoisotopic (exact) mass is 883 g/mol. The highest BCUT2D eigenvalue weighted by atomic mass is 19.4. The summed E-state index contributed by atoms with van der Waals surface area (Å²) in [4.78, 5) is 2.36. The van der Waals surface area contributed by atoms with Gasteiger partial charge in [0.1, 0.15) is 5.75 Å². The highest BCUT2D eigenvalue weighted by Crippen LogP contribution is 2.64. The number of halogens is 3. The van der Waals surface area contributed by atoms with Gasteiger partial charge in [0.15, 0.2) is 0 Å². The number of nitrogens with zero attached hydrogens (tertiary/aromatic N) is 1. The van der Waals surface area contributed by atoms with Crippen LogP contribution in [0, 0.1) is 0 Å². The van der Waals surface area contributed by atoms with Gasteiger partial charge < -0.3 is 9.64 Å². The van der Waals surface area contributed by atoms with Crippen molar-refractivity contribution in [2.75, 3.05) is 4.90 Å². The zero-order valence-corrected chi connectivity index (χ0v) is 36.6. The third-order valence-corrected chi connectivity index (χ3v) is 14.5. The van der Waals surface area contributed by atoms with Crippen LogP contribution in [0.2, 0.25) is 0 Å². The highest BCUT2D eigenvalue weighted by molar-refractivity contribution is 5.97. The molecule has 0 unspecified atom stereocenters. The lowest BCUT2D eigenvalue weighted by molar-refractivity contribution is -0.274. The van der Waals surface area contributed by atoms with Gasteiger partial charge in [0.05, 0.1) is 10.8 Å². The number of rotatable bonds is 7. The first kappa shape index (κ1) is 39.9. The molecule has 0 aromatic heterocycles. The van der Waals surface area contributed by atoms with Gasteiger partial charge in [-0.25, -0.2) is 0 Å². The van der Waals surface area contributed by atoms with Crippen molar-refractivity contribution in [3.63, 3.8) is 0 Å². The summed E-state index contributed by atoms with van der Waals surface area (Å²) >= 11 is 0. The molecular weight excluding hydrogens is 844 g/mol. The fourth-order valence-corrected chi connectivity index (χ4v) is 11.9. The number of benzene rings is 10. The second kappa shape index (κ2) is 15.1. The van der Waals surface area contributed by atoms with Crippen LogP contribution in [-0.4, -0.2) is 6.36 Å². The van der Waals surface area contributed by atoms with Gasteiger partial charge in [-0.1, -0.05) is 194 Å². The summed E-state index contributed by atoms with van der Waals surface area (Å²) in [7, 11) is 0. The number of ether oxygens (including phenoxy) is 1. The van der Waals surface area contributed by atoms with Crippen LogP contribution in [0.5, 0.6) is 5.75 Å². The van der Waals surface area contributed by atoms with Crippen LogP contribution < -0.4 is 9.64 Å². The van der Waals surface area contributed by atoms with E-state index in [4.69, 9.17) is 0 Å². The summed E-state index contributed by atoms with van der Waals surface area (Å²) in [6.07, 6.45) is -4.76.